The summed E-state index contributed by atoms with van der Waals surface area (Å²) in [6.07, 6.45) is 0. The van der Waals surface area contributed by atoms with Crippen molar-refractivity contribution in [3.05, 3.63) is 35.0 Å². The number of aromatic nitrogens is 1. The van der Waals surface area contributed by atoms with Gasteiger partial charge < -0.3 is 10.1 Å². The minimum absolute atomic E-state index is 0.256. The number of hydrogen-bond acceptors (Lipinski definition) is 2. The molecule has 1 aromatic carbocycles. The summed E-state index contributed by atoms with van der Waals surface area (Å²) in [6.45, 7) is 3.60. The Balaban J connectivity index is 2.77. The van der Waals surface area contributed by atoms with E-state index in [-0.39, 0.29) is 5.56 Å². The molecule has 0 bridgehead atoms. The number of nitrogens with one attached hydrogen (secondary N) is 1. The Morgan fingerprint density at radius 1 is 1.25 bits per heavy atom. The molecule has 0 saturated heterocycles. The van der Waals surface area contributed by atoms with Gasteiger partial charge in [-0.2, -0.15) is 0 Å². The summed E-state index contributed by atoms with van der Waals surface area (Å²) >= 11 is 0. The number of rotatable bonds is 2. The van der Waals surface area contributed by atoms with Crippen LogP contribution in [0.1, 0.15) is 21.6 Å². The second-order valence-corrected chi connectivity index (χ2v) is 3.81. The molecule has 1 heterocycles. The number of aryl methyl sites for hydroxylation is 2. The molecule has 0 amide bonds. The first-order valence-electron chi connectivity index (χ1n) is 4.87. The third-order valence-electron chi connectivity index (χ3n) is 2.56. The van der Waals surface area contributed by atoms with Gasteiger partial charge in [-0.15, -0.1) is 0 Å². The summed E-state index contributed by atoms with van der Waals surface area (Å²) in [7, 11) is 0. The number of carbonyl (C=O) groups is 2. The van der Waals surface area contributed by atoms with E-state index in [2.05, 4.69) is 4.98 Å². The largest absolute Gasteiger partial charge is 0.475 e. The zero-order valence-electron chi connectivity index (χ0n) is 9.00. The topological polar surface area (TPSA) is 70.2 Å². The highest BCUT2D eigenvalue weighted by atomic mass is 16.4. The molecule has 0 spiro atoms. The van der Waals surface area contributed by atoms with E-state index in [0.717, 1.165) is 11.1 Å². The average molecular weight is 217 g/mol. The number of fused-ring (bicyclic) bond motifs is 1. The van der Waals surface area contributed by atoms with Crippen LogP contribution in [0.2, 0.25) is 0 Å². The zero-order valence-corrected chi connectivity index (χ0v) is 9.00. The number of aromatic amines is 1. The van der Waals surface area contributed by atoms with Crippen molar-refractivity contribution in [3.8, 4) is 0 Å². The van der Waals surface area contributed by atoms with Crippen molar-refractivity contribution in [3.63, 3.8) is 0 Å². The Bertz CT molecular complexity index is 596. The van der Waals surface area contributed by atoms with Crippen molar-refractivity contribution in [1.82, 2.24) is 4.98 Å². The second-order valence-electron chi connectivity index (χ2n) is 3.81. The monoisotopic (exact) mass is 217 g/mol. The van der Waals surface area contributed by atoms with Crippen LogP contribution in [0.4, 0.5) is 0 Å². The summed E-state index contributed by atoms with van der Waals surface area (Å²) < 4.78 is 0. The van der Waals surface area contributed by atoms with Gasteiger partial charge in [0.15, 0.2) is 0 Å². The first-order valence-corrected chi connectivity index (χ1v) is 4.87. The van der Waals surface area contributed by atoms with Gasteiger partial charge in [0.25, 0.3) is 5.78 Å². The highest BCUT2D eigenvalue weighted by Crippen LogP contribution is 2.23. The lowest BCUT2D eigenvalue weighted by Crippen LogP contribution is -2.13. The van der Waals surface area contributed by atoms with E-state index in [0.29, 0.717) is 11.1 Å². The maximum atomic E-state index is 11.5. The van der Waals surface area contributed by atoms with Crippen molar-refractivity contribution in [2.45, 2.75) is 13.8 Å². The van der Waals surface area contributed by atoms with Gasteiger partial charge in [-0.1, -0.05) is 11.6 Å². The predicted molar refractivity (Wildman–Crippen MR) is 59.7 cm³/mol. The zero-order chi connectivity index (χ0) is 11.9. The average Bonchev–Trinajstić information content (AvgIpc) is 2.52. The second kappa shape index (κ2) is 3.48. The molecule has 0 atom stereocenters. The van der Waals surface area contributed by atoms with Crippen LogP contribution in [0.15, 0.2) is 18.2 Å². The lowest BCUT2D eigenvalue weighted by molar-refractivity contribution is -0.131. The lowest BCUT2D eigenvalue weighted by Gasteiger charge is -1.96. The Hall–Kier alpha value is -2.10. The van der Waals surface area contributed by atoms with Crippen molar-refractivity contribution >= 4 is 22.7 Å². The molecular formula is C12H11NO3. The fraction of sp³-hybridized carbons (Fsp3) is 0.167. The van der Waals surface area contributed by atoms with Gasteiger partial charge in [0, 0.05) is 16.6 Å². The van der Waals surface area contributed by atoms with E-state index >= 15 is 0 Å². The smallest absolute Gasteiger partial charge is 0.377 e. The number of Topliss-reactive ketones (excluding diaryl/α,β-unsaturated/α-hetero) is 1. The van der Waals surface area contributed by atoms with Crippen molar-refractivity contribution in [1.29, 1.82) is 0 Å². The first-order chi connectivity index (χ1) is 7.50. The first kappa shape index (κ1) is 10.4. The van der Waals surface area contributed by atoms with Crippen LogP contribution in [0.25, 0.3) is 10.9 Å². The third-order valence-corrected chi connectivity index (χ3v) is 2.56. The van der Waals surface area contributed by atoms with Gasteiger partial charge in [-0.3, -0.25) is 4.79 Å². The molecule has 16 heavy (non-hydrogen) atoms. The van der Waals surface area contributed by atoms with Crippen LogP contribution in [-0.4, -0.2) is 21.8 Å². The van der Waals surface area contributed by atoms with E-state index in [4.69, 9.17) is 5.11 Å². The fourth-order valence-electron chi connectivity index (χ4n) is 1.84. The Kier molecular flexibility index (Phi) is 2.27. The Morgan fingerprint density at radius 2 is 1.94 bits per heavy atom. The number of carboxylic acid groups (broad SMARTS) is 1. The maximum Gasteiger partial charge on any atom is 0.377 e. The van der Waals surface area contributed by atoms with E-state index in [1.807, 2.05) is 25.1 Å². The van der Waals surface area contributed by atoms with Gasteiger partial charge >= 0.3 is 5.97 Å². The van der Waals surface area contributed by atoms with Gasteiger partial charge in [0.2, 0.25) is 0 Å². The number of hydrogen-bond donors (Lipinski definition) is 2. The molecule has 4 heteroatoms. The number of carbonyl (C=O) groups excluding carboxylic acids is 1. The summed E-state index contributed by atoms with van der Waals surface area (Å²) in [5.74, 6) is -2.29. The SMILES string of the molecule is Cc1ccc2[nH]c(C)c(C(=O)C(=O)O)c2c1. The number of carboxylic acids is 1. The van der Waals surface area contributed by atoms with Crippen molar-refractivity contribution in [2.24, 2.45) is 0 Å². The maximum absolute atomic E-state index is 11.5. The molecule has 0 fully saturated rings. The Labute approximate surface area is 91.9 Å². The molecule has 0 unspecified atom stereocenters. The molecule has 0 aliphatic carbocycles. The summed E-state index contributed by atoms with van der Waals surface area (Å²) in [6, 6.07) is 5.57. The van der Waals surface area contributed by atoms with Crippen molar-refractivity contribution in [2.75, 3.05) is 0 Å². The minimum atomic E-state index is -1.43. The van der Waals surface area contributed by atoms with Crippen LogP contribution in [0, 0.1) is 13.8 Å². The van der Waals surface area contributed by atoms with Crippen molar-refractivity contribution < 1.29 is 14.7 Å². The molecule has 2 rings (SSSR count). The summed E-state index contributed by atoms with van der Waals surface area (Å²) in [4.78, 5) is 25.3. The van der Waals surface area contributed by atoms with Crippen LogP contribution in [0.5, 0.6) is 0 Å². The number of H-pyrrole nitrogens is 1. The van der Waals surface area contributed by atoms with E-state index in [9.17, 15) is 9.59 Å². The van der Waals surface area contributed by atoms with E-state index in [1.54, 1.807) is 6.92 Å². The van der Waals surface area contributed by atoms with Crippen LogP contribution < -0.4 is 0 Å². The lowest BCUT2D eigenvalue weighted by atomic mass is 10.1. The molecule has 0 aliphatic rings. The third kappa shape index (κ3) is 1.48. The van der Waals surface area contributed by atoms with Crippen LogP contribution in [-0.2, 0) is 4.79 Å². The Morgan fingerprint density at radius 3 is 2.56 bits per heavy atom. The van der Waals surface area contributed by atoms with E-state index in [1.165, 1.54) is 0 Å². The predicted octanol–water partition coefficient (Wildman–Crippen LogP) is 2.05. The molecule has 0 radical (unpaired) electrons. The number of aliphatic carboxylic acids is 1. The van der Waals surface area contributed by atoms with Crippen LogP contribution >= 0.6 is 0 Å². The van der Waals surface area contributed by atoms with Gasteiger partial charge in [-0.25, -0.2) is 4.79 Å². The molecular weight excluding hydrogens is 206 g/mol. The molecule has 1 aromatic heterocycles. The minimum Gasteiger partial charge on any atom is -0.475 e. The molecule has 4 nitrogen and oxygen atoms in total. The quantitative estimate of drug-likeness (QED) is 0.597. The number of benzene rings is 1. The fourth-order valence-corrected chi connectivity index (χ4v) is 1.84. The van der Waals surface area contributed by atoms with Gasteiger partial charge in [0.05, 0.1) is 5.56 Å². The van der Waals surface area contributed by atoms with Gasteiger partial charge in [-0.05, 0) is 26.0 Å². The van der Waals surface area contributed by atoms with Gasteiger partial charge in [0.1, 0.15) is 0 Å². The summed E-state index contributed by atoms with van der Waals surface area (Å²) in [5, 5.41) is 9.41. The molecule has 82 valence electrons. The molecule has 0 saturated carbocycles. The normalized spacial score (nSPS) is 10.6. The highest BCUT2D eigenvalue weighted by Gasteiger charge is 2.21. The molecule has 2 aromatic rings. The molecule has 2 N–H and O–H groups in total. The number of ketones is 1. The van der Waals surface area contributed by atoms with Crippen LogP contribution in [0.3, 0.4) is 0 Å². The molecule has 0 aliphatic heterocycles. The highest BCUT2D eigenvalue weighted by molar-refractivity contribution is 6.42. The standard InChI is InChI=1S/C12H11NO3/c1-6-3-4-9-8(5-6)10(7(2)13-9)11(14)12(15)16/h3-5,13H,1-2H3,(H,15,16). The summed E-state index contributed by atoms with van der Waals surface area (Å²) in [5.41, 5.74) is 2.62. The van der Waals surface area contributed by atoms with E-state index < -0.39 is 11.8 Å².